The smallest absolute Gasteiger partial charge is 0.407 e. The zero-order valence-corrected chi connectivity index (χ0v) is 12.7. The van der Waals surface area contributed by atoms with Crippen molar-refractivity contribution >= 4 is 23.4 Å². The van der Waals surface area contributed by atoms with Crippen molar-refractivity contribution in [3.8, 4) is 0 Å². The van der Waals surface area contributed by atoms with E-state index in [9.17, 15) is 9.59 Å². The van der Waals surface area contributed by atoms with Gasteiger partial charge >= 0.3 is 6.09 Å². The van der Waals surface area contributed by atoms with Crippen molar-refractivity contribution in [3.63, 3.8) is 0 Å². The van der Waals surface area contributed by atoms with Crippen molar-refractivity contribution in [1.82, 2.24) is 15.5 Å². The van der Waals surface area contributed by atoms with Crippen LogP contribution in [-0.2, 0) is 4.74 Å². The highest BCUT2D eigenvalue weighted by molar-refractivity contribution is 6.33. The number of carbonyl (C=O) groups excluding carboxylic acids is 1. The molecule has 2 heterocycles. The van der Waals surface area contributed by atoms with E-state index in [0.29, 0.717) is 25.2 Å². The van der Waals surface area contributed by atoms with Crippen molar-refractivity contribution in [3.05, 3.63) is 21.6 Å². The average Bonchev–Trinajstić information content (AvgIpc) is 2.88. The molecule has 1 saturated carbocycles. The molecule has 9 heteroatoms. The number of amides is 1. The fourth-order valence-corrected chi connectivity index (χ4v) is 2.98. The van der Waals surface area contributed by atoms with Crippen LogP contribution in [0.1, 0.15) is 19.3 Å². The number of halogens is 1. The Bertz CT molecular complexity index is 616. The summed E-state index contributed by atoms with van der Waals surface area (Å²) in [7, 11) is 0. The quantitative estimate of drug-likeness (QED) is 0.732. The van der Waals surface area contributed by atoms with Gasteiger partial charge in [0.25, 0.3) is 5.56 Å². The maximum Gasteiger partial charge on any atom is 0.407 e. The lowest BCUT2D eigenvalue weighted by molar-refractivity contribution is 0.0992. The molecule has 0 aromatic carbocycles. The molecule has 3 rings (SSSR count). The third-order valence-corrected chi connectivity index (χ3v) is 4.40. The van der Waals surface area contributed by atoms with E-state index < -0.39 is 11.7 Å². The molecular weight excluding hydrogens is 310 g/mol. The van der Waals surface area contributed by atoms with Crippen LogP contribution in [-0.4, -0.2) is 47.6 Å². The monoisotopic (exact) mass is 327 g/mol. The van der Waals surface area contributed by atoms with Crippen molar-refractivity contribution in [2.45, 2.75) is 37.5 Å². The van der Waals surface area contributed by atoms with Crippen LogP contribution in [0.25, 0.3) is 0 Å². The van der Waals surface area contributed by atoms with Crippen LogP contribution in [0.4, 0.5) is 10.5 Å². The third-order valence-electron chi connectivity index (χ3n) is 4.03. The minimum absolute atomic E-state index is 0.101. The molecule has 8 nitrogen and oxygen atoms in total. The SMILES string of the molecule is N[C@H]1C[C@H](NC(=O)O[C@@H]2CCN(c3cn[nH]c(=O)c3Cl)C2)C1. The topological polar surface area (TPSA) is 113 Å². The van der Waals surface area contributed by atoms with Crippen LogP contribution in [0.15, 0.2) is 11.0 Å². The number of nitrogens with two attached hydrogens (primary N) is 1. The second-order valence-electron chi connectivity index (χ2n) is 5.73. The molecule has 1 amide bonds. The van der Waals surface area contributed by atoms with Gasteiger partial charge < -0.3 is 20.7 Å². The second kappa shape index (κ2) is 6.13. The van der Waals surface area contributed by atoms with E-state index in [1.54, 1.807) is 0 Å². The number of H-pyrrole nitrogens is 1. The van der Waals surface area contributed by atoms with Crippen molar-refractivity contribution in [2.75, 3.05) is 18.0 Å². The number of hydrogen-bond acceptors (Lipinski definition) is 6. The molecule has 0 radical (unpaired) electrons. The molecule has 120 valence electrons. The van der Waals surface area contributed by atoms with E-state index in [0.717, 1.165) is 12.8 Å². The van der Waals surface area contributed by atoms with Gasteiger partial charge in [-0.3, -0.25) is 4.79 Å². The molecule has 1 aromatic rings. The molecule has 1 atom stereocenters. The molecule has 1 aliphatic heterocycles. The Morgan fingerprint density at radius 3 is 3.05 bits per heavy atom. The van der Waals surface area contributed by atoms with E-state index in [2.05, 4.69) is 15.5 Å². The van der Waals surface area contributed by atoms with E-state index in [1.165, 1.54) is 6.20 Å². The maximum absolute atomic E-state index is 11.8. The molecular formula is C13H18ClN5O3. The van der Waals surface area contributed by atoms with Gasteiger partial charge in [-0.1, -0.05) is 11.6 Å². The van der Waals surface area contributed by atoms with Crippen LogP contribution >= 0.6 is 11.6 Å². The summed E-state index contributed by atoms with van der Waals surface area (Å²) in [5.74, 6) is 0. The van der Waals surface area contributed by atoms with Gasteiger partial charge in [0, 0.05) is 25.0 Å². The molecule has 22 heavy (non-hydrogen) atoms. The van der Waals surface area contributed by atoms with Crippen molar-refractivity contribution < 1.29 is 9.53 Å². The Hall–Kier alpha value is -1.80. The number of nitrogens with one attached hydrogen (secondary N) is 2. The third kappa shape index (κ3) is 3.17. The number of hydrogen-bond donors (Lipinski definition) is 3. The van der Waals surface area contributed by atoms with Gasteiger partial charge in [0.2, 0.25) is 0 Å². The lowest BCUT2D eigenvalue weighted by Gasteiger charge is -2.32. The summed E-state index contributed by atoms with van der Waals surface area (Å²) in [5.41, 5.74) is 5.80. The lowest BCUT2D eigenvalue weighted by Crippen LogP contribution is -2.51. The van der Waals surface area contributed by atoms with Gasteiger partial charge in [0.15, 0.2) is 0 Å². The first-order valence-electron chi connectivity index (χ1n) is 7.24. The molecule has 2 aliphatic rings. The summed E-state index contributed by atoms with van der Waals surface area (Å²) < 4.78 is 5.39. The number of carbonyl (C=O) groups is 1. The van der Waals surface area contributed by atoms with Crippen LogP contribution in [0.3, 0.4) is 0 Å². The lowest BCUT2D eigenvalue weighted by atomic mass is 9.88. The standard InChI is InChI=1S/C13H18ClN5O3/c14-11-10(5-16-18-12(11)20)19-2-1-9(6-19)22-13(21)17-8-3-7(15)4-8/h5,7-9H,1-4,6,15H2,(H,17,21)(H,18,20)/t7-,8-,9-/m1/s1. The Labute approximate surface area is 132 Å². The number of nitrogens with zero attached hydrogens (tertiary/aromatic N) is 2. The first-order valence-corrected chi connectivity index (χ1v) is 7.61. The van der Waals surface area contributed by atoms with Gasteiger partial charge in [-0.05, 0) is 12.8 Å². The molecule has 1 aromatic heterocycles. The number of aromatic amines is 1. The molecule has 0 bridgehead atoms. The Morgan fingerprint density at radius 2 is 2.32 bits per heavy atom. The Morgan fingerprint density at radius 1 is 1.55 bits per heavy atom. The van der Waals surface area contributed by atoms with Crippen LogP contribution in [0.2, 0.25) is 5.02 Å². The van der Waals surface area contributed by atoms with E-state index in [-0.39, 0.29) is 23.2 Å². The number of alkyl carbamates (subject to hydrolysis) is 1. The molecule has 4 N–H and O–H groups in total. The first-order chi connectivity index (χ1) is 10.5. The molecule has 0 unspecified atom stereocenters. The summed E-state index contributed by atoms with van der Waals surface area (Å²) in [6.45, 7) is 1.14. The molecule has 0 spiro atoms. The summed E-state index contributed by atoms with van der Waals surface area (Å²) in [5, 5.41) is 8.92. The number of ether oxygens (including phenoxy) is 1. The largest absolute Gasteiger partial charge is 0.444 e. The highest BCUT2D eigenvalue weighted by Gasteiger charge is 2.31. The van der Waals surface area contributed by atoms with E-state index in [4.69, 9.17) is 22.1 Å². The fourth-order valence-electron chi connectivity index (χ4n) is 2.77. The van der Waals surface area contributed by atoms with Crippen molar-refractivity contribution in [2.24, 2.45) is 5.73 Å². The van der Waals surface area contributed by atoms with Crippen molar-refractivity contribution in [1.29, 1.82) is 0 Å². The Kier molecular flexibility index (Phi) is 4.21. The van der Waals surface area contributed by atoms with Crippen LogP contribution in [0, 0.1) is 0 Å². The fraction of sp³-hybridized carbons (Fsp3) is 0.615. The van der Waals surface area contributed by atoms with E-state index in [1.807, 2.05) is 4.90 Å². The van der Waals surface area contributed by atoms with Crippen LogP contribution in [0.5, 0.6) is 0 Å². The highest BCUT2D eigenvalue weighted by atomic mass is 35.5. The van der Waals surface area contributed by atoms with Gasteiger partial charge in [-0.2, -0.15) is 5.10 Å². The van der Waals surface area contributed by atoms with Gasteiger partial charge in [-0.25, -0.2) is 9.89 Å². The zero-order valence-electron chi connectivity index (χ0n) is 11.9. The predicted octanol–water partition coefficient (Wildman–Crippen LogP) is 0.218. The average molecular weight is 328 g/mol. The highest BCUT2D eigenvalue weighted by Crippen LogP contribution is 2.26. The summed E-state index contributed by atoms with van der Waals surface area (Å²) in [6.07, 6.45) is 3.12. The minimum atomic E-state index is -0.428. The molecule has 2 fully saturated rings. The normalized spacial score (nSPS) is 27.4. The summed E-state index contributed by atoms with van der Waals surface area (Å²) in [4.78, 5) is 25.1. The maximum atomic E-state index is 11.8. The predicted molar refractivity (Wildman–Crippen MR) is 81.1 cm³/mol. The zero-order chi connectivity index (χ0) is 15.7. The van der Waals surface area contributed by atoms with Gasteiger partial charge in [0.05, 0.1) is 18.4 Å². The minimum Gasteiger partial charge on any atom is -0.444 e. The number of anilines is 1. The first kappa shape index (κ1) is 15.1. The summed E-state index contributed by atoms with van der Waals surface area (Å²) >= 11 is 5.98. The Balaban J connectivity index is 1.53. The number of rotatable bonds is 3. The molecule has 1 aliphatic carbocycles. The second-order valence-corrected chi connectivity index (χ2v) is 6.11. The van der Waals surface area contributed by atoms with E-state index >= 15 is 0 Å². The number of aromatic nitrogens is 2. The van der Waals surface area contributed by atoms with Gasteiger partial charge in [0.1, 0.15) is 11.1 Å². The van der Waals surface area contributed by atoms with Gasteiger partial charge in [-0.15, -0.1) is 0 Å². The van der Waals surface area contributed by atoms with Crippen LogP contribution < -0.4 is 21.5 Å². The summed E-state index contributed by atoms with van der Waals surface area (Å²) in [6, 6.07) is 0.296. The molecule has 1 saturated heterocycles.